The monoisotopic (exact) mass is 470 g/mol. The fourth-order valence-corrected chi connectivity index (χ4v) is 5.17. The van der Waals surface area contributed by atoms with Gasteiger partial charge < -0.3 is 10.2 Å². The summed E-state index contributed by atoms with van der Waals surface area (Å²) in [5.74, 6) is 1.56. The first-order valence-electron chi connectivity index (χ1n) is 9.27. The third kappa shape index (κ3) is 3.56. The minimum atomic E-state index is -2.38. The number of rotatable bonds is 3. The number of halogens is 1. The number of nitrogens with zero attached hydrogens (tertiary/aromatic N) is 4. The van der Waals surface area contributed by atoms with Gasteiger partial charge in [-0.2, -0.15) is 0 Å². The van der Waals surface area contributed by atoms with Gasteiger partial charge in [-0.3, -0.25) is 9.18 Å². The molecule has 0 unspecified atom stereocenters. The lowest BCUT2D eigenvalue weighted by Gasteiger charge is -2.30. The number of aromatic nitrogens is 3. The highest BCUT2D eigenvalue weighted by Crippen LogP contribution is 2.27. The smallest absolute Gasteiger partial charge is 0.180 e. The fraction of sp³-hybridized carbons (Fsp3) is 0.200. The van der Waals surface area contributed by atoms with Crippen LogP contribution in [0.3, 0.4) is 0 Å². The van der Waals surface area contributed by atoms with Crippen molar-refractivity contribution in [1.29, 1.82) is 4.78 Å². The Morgan fingerprint density at radius 3 is 2.62 bits per heavy atom. The Labute approximate surface area is 176 Å². The molecule has 4 aromatic rings. The SMILES string of the molecule is N=S1(=O)CCN(c2ccc(Nc3nc4ccc(Br)cc4n4ccnc34)cc2)CC1. The van der Waals surface area contributed by atoms with Crippen LogP contribution in [0.2, 0.25) is 0 Å². The number of fused-ring (bicyclic) bond motifs is 3. The van der Waals surface area contributed by atoms with Crippen LogP contribution in [0.4, 0.5) is 17.2 Å². The number of benzene rings is 2. The molecule has 0 atom stereocenters. The molecule has 0 saturated carbocycles. The first-order valence-corrected chi connectivity index (χ1v) is 12.0. The molecule has 148 valence electrons. The molecule has 0 bridgehead atoms. The van der Waals surface area contributed by atoms with Gasteiger partial charge in [-0.15, -0.1) is 0 Å². The van der Waals surface area contributed by atoms with Gasteiger partial charge in [0.05, 0.1) is 11.0 Å². The van der Waals surface area contributed by atoms with Crippen molar-refractivity contribution in [3.8, 4) is 0 Å². The topological polar surface area (TPSA) is 86.4 Å². The summed E-state index contributed by atoms with van der Waals surface area (Å²) in [7, 11) is -2.38. The minimum Gasteiger partial charge on any atom is -0.370 e. The Kier molecular flexibility index (Phi) is 4.44. The van der Waals surface area contributed by atoms with Gasteiger partial charge in [0, 0.05) is 62.6 Å². The molecule has 2 N–H and O–H groups in total. The Bertz CT molecular complexity index is 1300. The van der Waals surface area contributed by atoms with E-state index in [1.54, 1.807) is 6.20 Å². The highest BCUT2D eigenvalue weighted by molar-refractivity contribution is 9.10. The average Bonchev–Trinajstić information content (AvgIpc) is 3.20. The fourth-order valence-electron chi connectivity index (χ4n) is 3.59. The van der Waals surface area contributed by atoms with Crippen molar-refractivity contribution in [2.45, 2.75) is 0 Å². The Balaban J connectivity index is 1.43. The summed E-state index contributed by atoms with van der Waals surface area (Å²) in [6.45, 7) is 1.32. The van der Waals surface area contributed by atoms with E-state index >= 15 is 0 Å². The number of nitrogens with one attached hydrogen (secondary N) is 2. The van der Waals surface area contributed by atoms with Gasteiger partial charge in [0.1, 0.15) is 0 Å². The van der Waals surface area contributed by atoms with E-state index in [0.29, 0.717) is 30.4 Å². The molecule has 1 aliphatic heterocycles. The van der Waals surface area contributed by atoms with Gasteiger partial charge in [-0.25, -0.2) is 14.2 Å². The lowest BCUT2D eigenvalue weighted by molar-refractivity contribution is 0.664. The molecule has 1 aliphatic rings. The van der Waals surface area contributed by atoms with Gasteiger partial charge in [0.25, 0.3) is 0 Å². The molecule has 9 heteroatoms. The second-order valence-electron chi connectivity index (χ2n) is 7.09. The third-order valence-corrected chi connectivity index (χ3v) is 7.34. The summed E-state index contributed by atoms with van der Waals surface area (Å²) in [6.07, 6.45) is 3.70. The van der Waals surface area contributed by atoms with Crippen LogP contribution in [0.15, 0.2) is 59.3 Å². The maximum atomic E-state index is 11.8. The van der Waals surface area contributed by atoms with Crippen LogP contribution in [-0.4, -0.2) is 43.2 Å². The summed E-state index contributed by atoms with van der Waals surface area (Å²) < 4.78 is 22.6. The molecular weight excluding hydrogens is 452 g/mol. The molecule has 0 aliphatic carbocycles. The van der Waals surface area contributed by atoms with E-state index in [-0.39, 0.29) is 0 Å². The van der Waals surface area contributed by atoms with Crippen LogP contribution < -0.4 is 10.2 Å². The molecule has 2 aromatic heterocycles. The van der Waals surface area contributed by atoms with E-state index in [1.807, 2.05) is 53.1 Å². The van der Waals surface area contributed by atoms with Gasteiger partial charge in [-0.05, 0) is 42.5 Å². The average molecular weight is 471 g/mol. The van der Waals surface area contributed by atoms with Crippen LogP contribution in [0, 0.1) is 4.78 Å². The maximum absolute atomic E-state index is 11.8. The van der Waals surface area contributed by atoms with E-state index in [9.17, 15) is 4.21 Å². The zero-order valence-corrected chi connectivity index (χ0v) is 17.9. The molecule has 7 nitrogen and oxygen atoms in total. The Hall–Kier alpha value is -2.65. The summed E-state index contributed by atoms with van der Waals surface area (Å²) in [5, 5.41) is 3.38. The lowest BCUT2D eigenvalue weighted by atomic mass is 10.2. The summed E-state index contributed by atoms with van der Waals surface area (Å²) in [5.41, 5.74) is 4.63. The van der Waals surface area contributed by atoms with Crippen LogP contribution in [0.1, 0.15) is 0 Å². The first-order chi connectivity index (χ1) is 14.0. The Morgan fingerprint density at radius 1 is 1.10 bits per heavy atom. The third-order valence-electron chi connectivity index (χ3n) is 5.16. The van der Waals surface area contributed by atoms with Gasteiger partial charge in [0.2, 0.25) is 0 Å². The highest BCUT2D eigenvalue weighted by atomic mass is 79.9. The molecular formula is C20H19BrN6OS. The van der Waals surface area contributed by atoms with Crippen molar-refractivity contribution in [1.82, 2.24) is 14.4 Å². The van der Waals surface area contributed by atoms with Gasteiger partial charge >= 0.3 is 0 Å². The highest BCUT2D eigenvalue weighted by Gasteiger charge is 2.19. The lowest BCUT2D eigenvalue weighted by Crippen LogP contribution is -2.39. The molecule has 0 radical (unpaired) electrons. The van der Waals surface area contributed by atoms with Crippen molar-refractivity contribution in [3.63, 3.8) is 0 Å². The normalized spacial score (nSPS) is 16.4. The van der Waals surface area contributed by atoms with E-state index in [2.05, 4.69) is 31.1 Å². The predicted molar refractivity (Wildman–Crippen MR) is 121 cm³/mol. The van der Waals surface area contributed by atoms with Crippen LogP contribution in [0.5, 0.6) is 0 Å². The largest absolute Gasteiger partial charge is 0.370 e. The maximum Gasteiger partial charge on any atom is 0.180 e. The molecule has 2 aromatic carbocycles. The second kappa shape index (κ2) is 7.00. The van der Waals surface area contributed by atoms with Crippen molar-refractivity contribution in [2.75, 3.05) is 34.8 Å². The van der Waals surface area contributed by atoms with E-state index < -0.39 is 9.73 Å². The van der Waals surface area contributed by atoms with E-state index in [1.165, 1.54) is 0 Å². The zero-order valence-electron chi connectivity index (χ0n) is 15.5. The molecule has 29 heavy (non-hydrogen) atoms. The van der Waals surface area contributed by atoms with Crippen LogP contribution >= 0.6 is 15.9 Å². The van der Waals surface area contributed by atoms with Crippen molar-refractivity contribution < 1.29 is 4.21 Å². The van der Waals surface area contributed by atoms with Crippen LogP contribution in [-0.2, 0) is 9.73 Å². The van der Waals surface area contributed by atoms with Crippen molar-refractivity contribution in [2.24, 2.45) is 0 Å². The van der Waals surface area contributed by atoms with Gasteiger partial charge in [0.15, 0.2) is 11.5 Å². The summed E-state index contributed by atoms with van der Waals surface area (Å²) >= 11 is 3.52. The second-order valence-corrected chi connectivity index (χ2v) is 10.4. The quantitative estimate of drug-likeness (QED) is 0.467. The van der Waals surface area contributed by atoms with E-state index in [0.717, 1.165) is 32.5 Å². The summed E-state index contributed by atoms with van der Waals surface area (Å²) in [4.78, 5) is 11.4. The molecule has 0 spiro atoms. The molecule has 1 fully saturated rings. The molecule has 5 rings (SSSR count). The number of anilines is 3. The standard InChI is InChI=1S/C20H19BrN6OS/c21-14-1-6-17-18(13-14)27-8-7-23-20(27)19(25-17)24-15-2-4-16(5-3-15)26-9-11-29(22,28)12-10-26/h1-8,13,22H,9-12H2,(H,24,25). The molecule has 1 saturated heterocycles. The van der Waals surface area contributed by atoms with Crippen molar-refractivity contribution >= 4 is 59.5 Å². The predicted octanol–water partition coefficient (Wildman–Crippen LogP) is 4.26. The minimum absolute atomic E-state index is 0.433. The molecule has 0 amide bonds. The Morgan fingerprint density at radius 2 is 1.86 bits per heavy atom. The number of hydrogen-bond donors (Lipinski definition) is 2. The first kappa shape index (κ1) is 18.4. The summed E-state index contributed by atoms with van der Waals surface area (Å²) in [6, 6.07) is 14.1. The van der Waals surface area contributed by atoms with Crippen molar-refractivity contribution in [3.05, 3.63) is 59.3 Å². The number of hydrogen-bond acceptors (Lipinski definition) is 6. The van der Waals surface area contributed by atoms with E-state index in [4.69, 9.17) is 9.76 Å². The number of imidazole rings is 1. The zero-order chi connectivity index (χ0) is 20.0. The van der Waals surface area contributed by atoms with Gasteiger partial charge in [-0.1, -0.05) is 15.9 Å². The molecule has 3 heterocycles. The van der Waals surface area contributed by atoms with Crippen LogP contribution in [0.25, 0.3) is 16.7 Å².